The number of aromatic nitrogens is 1. The molecule has 0 bridgehead atoms. The van der Waals surface area contributed by atoms with Crippen LogP contribution in [0.1, 0.15) is 29.6 Å². The molecule has 3 nitrogen and oxygen atoms in total. The Bertz CT molecular complexity index is 629. The van der Waals surface area contributed by atoms with Crippen LogP contribution in [0.3, 0.4) is 0 Å². The minimum atomic E-state index is 0.0219. The van der Waals surface area contributed by atoms with E-state index in [1.54, 1.807) is 6.20 Å². The third kappa shape index (κ3) is 2.70. The Hall–Kier alpha value is -1.42. The number of benzene rings is 1. The first-order chi connectivity index (χ1) is 9.78. The van der Waals surface area contributed by atoms with Crippen molar-refractivity contribution in [1.29, 1.82) is 0 Å². The van der Waals surface area contributed by atoms with Crippen molar-refractivity contribution >= 4 is 32.7 Å². The van der Waals surface area contributed by atoms with Crippen molar-refractivity contribution in [1.82, 2.24) is 10.3 Å². The zero-order valence-electron chi connectivity index (χ0n) is 11.2. The van der Waals surface area contributed by atoms with Crippen molar-refractivity contribution in [2.24, 2.45) is 5.92 Å². The van der Waals surface area contributed by atoms with Crippen LogP contribution in [-0.2, 0) is 0 Å². The molecule has 1 amide bonds. The highest BCUT2D eigenvalue weighted by Crippen LogP contribution is 2.27. The van der Waals surface area contributed by atoms with Gasteiger partial charge in [0.1, 0.15) is 0 Å². The fourth-order valence-electron chi connectivity index (χ4n) is 2.88. The smallest absolute Gasteiger partial charge is 0.251 e. The molecule has 1 saturated carbocycles. The van der Waals surface area contributed by atoms with Crippen LogP contribution < -0.4 is 5.32 Å². The molecule has 4 heteroatoms. The van der Waals surface area contributed by atoms with E-state index in [2.05, 4.69) is 26.2 Å². The maximum Gasteiger partial charge on any atom is 0.251 e. The first kappa shape index (κ1) is 13.6. The third-order valence-electron chi connectivity index (χ3n) is 4.04. The molecule has 20 heavy (non-hydrogen) atoms. The number of hydrogen-bond acceptors (Lipinski definition) is 2. The average Bonchev–Trinajstić information content (AvgIpc) is 2.94. The predicted molar refractivity (Wildman–Crippen MR) is 84.1 cm³/mol. The number of nitrogens with zero attached hydrogens (tertiary/aromatic N) is 1. The zero-order chi connectivity index (χ0) is 13.9. The summed E-state index contributed by atoms with van der Waals surface area (Å²) < 4.78 is 0. The largest absolute Gasteiger partial charge is 0.349 e. The number of fused-ring (bicyclic) bond motifs is 1. The van der Waals surface area contributed by atoms with Crippen LogP contribution in [0.4, 0.5) is 0 Å². The summed E-state index contributed by atoms with van der Waals surface area (Å²) in [5.41, 5.74) is 1.63. The summed E-state index contributed by atoms with van der Waals surface area (Å²) in [7, 11) is 0. The normalized spacial score (nSPS) is 22.1. The number of rotatable bonds is 3. The highest BCUT2D eigenvalue weighted by Gasteiger charge is 2.27. The number of pyridine rings is 1. The number of nitrogens with one attached hydrogen (secondary N) is 1. The molecule has 1 aliphatic rings. The van der Waals surface area contributed by atoms with Crippen LogP contribution in [0.25, 0.3) is 10.9 Å². The summed E-state index contributed by atoms with van der Waals surface area (Å²) in [4.78, 5) is 16.6. The molecule has 1 N–H and O–H groups in total. The van der Waals surface area contributed by atoms with Gasteiger partial charge < -0.3 is 5.32 Å². The molecule has 0 radical (unpaired) electrons. The van der Waals surface area contributed by atoms with Gasteiger partial charge in [0.15, 0.2) is 0 Å². The Morgan fingerprint density at radius 2 is 2.25 bits per heavy atom. The standard InChI is InChI=1S/C16H17BrN2O/c17-10-13-3-1-5-15(13)19-16(20)12-6-7-14-11(9-12)4-2-8-18-14/h2,4,6-9,13,15H,1,3,5,10H2,(H,19,20). The fraction of sp³-hybridized carbons (Fsp3) is 0.375. The summed E-state index contributed by atoms with van der Waals surface area (Å²) in [6, 6.07) is 9.84. The van der Waals surface area contributed by atoms with Gasteiger partial charge in [-0.2, -0.15) is 0 Å². The van der Waals surface area contributed by atoms with E-state index in [1.807, 2.05) is 30.3 Å². The van der Waals surface area contributed by atoms with E-state index < -0.39 is 0 Å². The number of amides is 1. The predicted octanol–water partition coefficient (Wildman–Crippen LogP) is 3.53. The van der Waals surface area contributed by atoms with Crippen LogP contribution in [0.5, 0.6) is 0 Å². The Labute approximate surface area is 126 Å². The Morgan fingerprint density at radius 3 is 3.10 bits per heavy atom. The highest BCUT2D eigenvalue weighted by atomic mass is 79.9. The molecule has 1 aromatic heterocycles. The van der Waals surface area contributed by atoms with Crippen LogP contribution in [0, 0.1) is 5.92 Å². The molecular weight excluding hydrogens is 316 g/mol. The lowest BCUT2D eigenvalue weighted by atomic mass is 10.1. The van der Waals surface area contributed by atoms with Crippen molar-refractivity contribution in [3.8, 4) is 0 Å². The van der Waals surface area contributed by atoms with E-state index in [-0.39, 0.29) is 5.91 Å². The van der Waals surface area contributed by atoms with Crippen molar-refractivity contribution < 1.29 is 4.79 Å². The van der Waals surface area contributed by atoms with Gasteiger partial charge in [0.2, 0.25) is 0 Å². The molecule has 0 aliphatic heterocycles. The summed E-state index contributed by atoms with van der Waals surface area (Å²) in [6.45, 7) is 0. The maximum absolute atomic E-state index is 12.4. The fourth-order valence-corrected chi connectivity index (χ4v) is 3.66. The lowest BCUT2D eigenvalue weighted by molar-refractivity contribution is 0.0930. The minimum absolute atomic E-state index is 0.0219. The molecule has 0 spiro atoms. The van der Waals surface area contributed by atoms with E-state index in [9.17, 15) is 4.79 Å². The summed E-state index contributed by atoms with van der Waals surface area (Å²) in [5, 5.41) is 5.13. The van der Waals surface area contributed by atoms with Gasteiger partial charge in [-0.05, 0) is 43.0 Å². The second-order valence-electron chi connectivity index (χ2n) is 5.34. The van der Waals surface area contributed by atoms with E-state index in [0.29, 0.717) is 17.5 Å². The molecule has 3 rings (SSSR count). The Balaban J connectivity index is 1.78. The van der Waals surface area contributed by atoms with Gasteiger partial charge in [-0.3, -0.25) is 9.78 Å². The molecule has 2 aromatic rings. The van der Waals surface area contributed by atoms with Gasteiger partial charge in [0, 0.05) is 28.5 Å². The number of carbonyl (C=O) groups is 1. The number of hydrogen-bond donors (Lipinski definition) is 1. The monoisotopic (exact) mass is 332 g/mol. The van der Waals surface area contributed by atoms with Crippen LogP contribution in [0.2, 0.25) is 0 Å². The molecule has 104 valence electrons. The van der Waals surface area contributed by atoms with Crippen molar-refractivity contribution in [2.75, 3.05) is 5.33 Å². The summed E-state index contributed by atoms with van der Waals surface area (Å²) in [6.07, 6.45) is 5.24. The molecular formula is C16H17BrN2O. The van der Waals surface area contributed by atoms with Gasteiger partial charge in [-0.25, -0.2) is 0 Å². The van der Waals surface area contributed by atoms with Crippen LogP contribution >= 0.6 is 15.9 Å². The molecule has 1 heterocycles. The van der Waals surface area contributed by atoms with E-state index in [4.69, 9.17) is 0 Å². The molecule has 0 saturated heterocycles. The molecule has 2 atom stereocenters. The van der Waals surface area contributed by atoms with Gasteiger partial charge in [0.25, 0.3) is 5.91 Å². The Kier molecular flexibility index (Phi) is 4.01. The molecule has 2 unspecified atom stereocenters. The lowest BCUT2D eigenvalue weighted by Gasteiger charge is -2.19. The van der Waals surface area contributed by atoms with Crippen molar-refractivity contribution in [2.45, 2.75) is 25.3 Å². The van der Waals surface area contributed by atoms with Crippen LogP contribution in [0.15, 0.2) is 36.5 Å². The van der Waals surface area contributed by atoms with Gasteiger partial charge >= 0.3 is 0 Å². The summed E-state index contributed by atoms with van der Waals surface area (Å²) in [5.74, 6) is 0.578. The quantitative estimate of drug-likeness (QED) is 0.873. The minimum Gasteiger partial charge on any atom is -0.349 e. The van der Waals surface area contributed by atoms with Crippen molar-refractivity contribution in [3.63, 3.8) is 0 Å². The maximum atomic E-state index is 12.4. The molecule has 1 aromatic carbocycles. The second kappa shape index (κ2) is 5.92. The van der Waals surface area contributed by atoms with Crippen molar-refractivity contribution in [3.05, 3.63) is 42.1 Å². The van der Waals surface area contributed by atoms with Crippen LogP contribution in [-0.4, -0.2) is 22.3 Å². The Morgan fingerprint density at radius 1 is 1.35 bits per heavy atom. The third-order valence-corrected chi connectivity index (χ3v) is 4.87. The zero-order valence-corrected chi connectivity index (χ0v) is 12.8. The SMILES string of the molecule is O=C(NC1CCCC1CBr)c1ccc2ncccc2c1. The van der Waals surface area contributed by atoms with E-state index >= 15 is 0 Å². The molecule has 1 fully saturated rings. The number of halogens is 1. The summed E-state index contributed by atoms with van der Waals surface area (Å²) >= 11 is 3.54. The first-order valence-corrected chi connectivity index (χ1v) is 8.11. The average molecular weight is 333 g/mol. The number of carbonyl (C=O) groups excluding carboxylic acids is 1. The first-order valence-electron chi connectivity index (χ1n) is 6.99. The number of alkyl halides is 1. The molecule has 1 aliphatic carbocycles. The second-order valence-corrected chi connectivity index (χ2v) is 5.98. The van der Waals surface area contributed by atoms with Gasteiger partial charge in [-0.1, -0.05) is 28.4 Å². The lowest BCUT2D eigenvalue weighted by Crippen LogP contribution is -2.37. The van der Waals surface area contributed by atoms with Gasteiger partial charge in [0.05, 0.1) is 5.52 Å². The van der Waals surface area contributed by atoms with Gasteiger partial charge in [-0.15, -0.1) is 0 Å². The highest BCUT2D eigenvalue weighted by molar-refractivity contribution is 9.09. The van der Waals surface area contributed by atoms with E-state index in [0.717, 1.165) is 22.7 Å². The topological polar surface area (TPSA) is 42.0 Å². The van der Waals surface area contributed by atoms with E-state index in [1.165, 1.54) is 12.8 Å².